The van der Waals surface area contributed by atoms with Crippen LogP contribution < -0.4 is 4.74 Å². The molecule has 0 unspecified atom stereocenters. The van der Waals surface area contributed by atoms with Crippen LogP contribution in [0.5, 0.6) is 11.5 Å². The highest BCUT2D eigenvalue weighted by Crippen LogP contribution is 2.40. The molecule has 5 rings (SSSR count). The number of hydrogen-bond donors (Lipinski definition) is 1. The molecule has 0 radical (unpaired) electrons. The summed E-state index contributed by atoms with van der Waals surface area (Å²) in [5.74, 6) is -0.743. The molecule has 0 aliphatic carbocycles. The summed E-state index contributed by atoms with van der Waals surface area (Å²) in [5.41, 5.74) is 0.186. The molecule has 0 bridgehead atoms. The number of pyridine rings is 1. The van der Waals surface area contributed by atoms with Crippen molar-refractivity contribution in [3.8, 4) is 22.6 Å². The minimum atomic E-state index is -4.64. The molecule has 0 aliphatic rings. The molecule has 5 aromatic rings. The number of ketones is 1. The quantitative estimate of drug-likeness (QED) is 0.236. The lowest BCUT2D eigenvalue weighted by Gasteiger charge is -2.16. The molecule has 38 heavy (non-hydrogen) atoms. The highest BCUT2D eigenvalue weighted by atomic mass is 19.4. The van der Waals surface area contributed by atoms with Crippen molar-refractivity contribution >= 4 is 22.7 Å². The number of carbonyl (C=O) groups is 2. The highest BCUT2D eigenvalue weighted by Gasteiger charge is 2.34. The molecule has 0 aliphatic heterocycles. The standard InChI is InChI=1S/C30H18F3NO4/c31-30(32,33)25-11-5-10-23-26(24(17-34-27(23)25)28(35)18-6-2-1-3-7-18)20-8-4-9-22(16-20)38-21-14-12-19(13-15-21)29(36)37/h1-17H,(H,36,37). The number of para-hydroxylation sites is 1. The summed E-state index contributed by atoms with van der Waals surface area (Å²) < 4.78 is 47.3. The zero-order valence-corrected chi connectivity index (χ0v) is 19.6. The molecular formula is C30H18F3NO4. The monoisotopic (exact) mass is 513 g/mol. The number of rotatable bonds is 6. The second-order valence-electron chi connectivity index (χ2n) is 8.40. The summed E-state index contributed by atoms with van der Waals surface area (Å²) in [6, 6.07) is 24.6. The Morgan fingerprint density at radius 1 is 0.763 bits per heavy atom. The number of carboxylic acids is 1. The maximum atomic E-state index is 13.8. The van der Waals surface area contributed by atoms with Crippen LogP contribution in [0.1, 0.15) is 31.8 Å². The van der Waals surface area contributed by atoms with E-state index in [1.165, 1.54) is 42.6 Å². The van der Waals surface area contributed by atoms with E-state index >= 15 is 0 Å². The molecule has 1 aromatic heterocycles. The predicted octanol–water partition coefficient (Wildman–Crippen LogP) is 7.64. The minimum absolute atomic E-state index is 0.0962. The third kappa shape index (κ3) is 4.84. The number of carbonyl (C=O) groups excluding carboxylic acids is 1. The van der Waals surface area contributed by atoms with Crippen LogP contribution in [0.3, 0.4) is 0 Å². The van der Waals surface area contributed by atoms with Crippen molar-refractivity contribution in [1.29, 1.82) is 0 Å². The van der Waals surface area contributed by atoms with E-state index in [0.29, 0.717) is 28.2 Å². The summed E-state index contributed by atoms with van der Waals surface area (Å²) in [6.07, 6.45) is -3.46. The van der Waals surface area contributed by atoms with E-state index in [4.69, 9.17) is 9.84 Å². The van der Waals surface area contributed by atoms with Crippen LogP contribution >= 0.6 is 0 Å². The number of nitrogens with zero attached hydrogens (tertiary/aromatic N) is 1. The largest absolute Gasteiger partial charge is 0.478 e. The fourth-order valence-electron chi connectivity index (χ4n) is 4.20. The first-order chi connectivity index (χ1) is 18.2. The van der Waals surface area contributed by atoms with E-state index < -0.39 is 17.7 Å². The molecular weight excluding hydrogens is 495 g/mol. The second kappa shape index (κ2) is 9.82. The van der Waals surface area contributed by atoms with Crippen molar-refractivity contribution < 1.29 is 32.6 Å². The summed E-state index contributed by atoms with van der Waals surface area (Å²) in [6.45, 7) is 0. The summed E-state index contributed by atoms with van der Waals surface area (Å²) in [4.78, 5) is 28.7. The SMILES string of the molecule is O=C(O)c1ccc(Oc2cccc(-c3c(C(=O)c4ccccc4)cnc4c(C(F)(F)F)cccc34)c2)cc1. The fraction of sp³-hybridized carbons (Fsp3) is 0.0333. The summed E-state index contributed by atoms with van der Waals surface area (Å²) >= 11 is 0. The van der Waals surface area contributed by atoms with Gasteiger partial charge in [0.15, 0.2) is 5.78 Å². The number of aromatic carboxylic acids is 1. The molecule has 0 fully saturated rings. The Hall–Kier alpha value is -4.98. The van der Waals surface area contributed by atoms with Gasteiger partial charge in [0.1, 0.15) is 11.5 Å². The van der Waals surface area contributed by atoms with Crippen LogP contribution in [0, 0.1) is 0 Å². The van der Waals surface area contributed by atoms with E-state index in [2.05, 4.69) is 4.98 Å². The molecule has 0 amide bonds. The number of aromatic nitrogens is 1. The number of hydrogen-bond acceptors (Lipinski definition) is 4. The van der Waals surface area contributed by atoms with Crippen LogP contribution in [-0.4, -0.2) is 21.8 Å². The first-order valence-corrected chi connectivity index (χ1v) is 11.4. The van der Waals surface area contributed by atoms with Crippen molar-refractivity contribution in [3.63, 3.8) is 0 Å². The van der Waals surface area contributed by atoms with E-state index in [1.54, 1.807) is 54.6 Å². The maximum Gasteiger partial charge on any atom is 0.418 e. The van der Waals surface area contributed by atoms with Crippen LogP contribution in [0.4, 0.5) is 13.2 Å². The average Bonchev–Trinajstić information content (AvgIpc) is 2.92. The Balaban J connectivity index is 1.67. The van der Waals surface area contributed by atoms with Gasteiger partial charge in [0.2, 0.25) is 0 Å². The van der Waals surface area contributed by atoms with E-state index in [9.17, 15) is 22.8 Å². The lowest BCUT2D eigenvalue weighted by atomic mass is 9.91. The summed E-state index contributed by atoms with van der Waals surface area (Å²) in [7, 11) is 0. The fourth-order valence-corrected chi connectivity index (χ4v) is 4.20. The van der Waals surface area contributed by atoms with Gasteiger partial charge in [0.05, 0.1) is 16.6 Å². The van der Waals surface area contributed by atoms with Gasteiger partial charge in [-0.05, 0) is 48.0 Å². The first-order valence-electron chi connectivity index (χ1n) is 11.4. The summed E-state index contributed by atoms with van der Waals surface area (Å²) in [5, 5.41) is 9.26. The van der Waals surface area contributed by atoms with Crippen molar-refractivity contribution in [3.05, 3.63) is 126 Å². The topological polar surface area (TPSA) is 76.5 Å². The number of fused-ring (bicyclic) bond motifs is 1. The average molecular weight is 513 g/mol. The van der Waals surface area contributed by atoms with Gasteiger partial charge >= 0.3 is 12.1 Å². The van der Waals surface area contributed by atoms with E-state index in [0.717, 1.165) is 6.07 Å². The van der Waals surface area contributed by atoms with Gasteiger partial charge in [-0.1, -0.05) is 54.6 Å². The smallest absolute Gasteiger partial charge is 0.418 e. The third-order valence-electron chi connectivity index (χ3n) is 5.94. The van der Waals surface area contributed by atoms with Crippen molar-refractivity contribution in [1.82, 2.24) is 4.98 Å². The Morgan fingerprint density at radius 3 is 2.16 bits per heavy atom. The van der Waals surface area contributed by atoms with Crippen LogP contribution in [0.2, 0.25) is 0 Å². The van der Waals surface area contributed by atoms with Gasteiger partial charge in [-0.3, -0.25) is 9.78 Å². The molecule has 5 nitrogen and oxygen atoms in total. The number of benzene rings is 4. The molecule has 4 aromatic carbocycles. The Bertz CT molecular complexity index is 1660. The number of halogens is 3. The number of alkyl halides is 3. The normalized spacial score (nSPS) is 11.3. The van der Waals surface area contributed by atoms with Gasteiger partial charge in [-0.25, -0.2) is 4.79 Å². The second-order valence-corrected chi connectivity index (χ2v) is 8.40. The van der Waals surface area contributed by atoms with E-state index in [1.807, 2.05) is 0 Å². The molecule has 1 heterocycles. The Labute approximate surface area is 214 Å². The van der Waals surface area contributed by atoms with Gasteiger partial charge in [0.25, 0.3) is 0 Å². The van der Waals surface area contributed by atoms with Crippen LogP contribution in [0.25, 0.3) is 22.0 Å². The molecule has 1 N–H and O–H groups in total. The molecule has 0 saturated heterocycles. The zero-order valence-electron chi connectivity index (χ0n) is 19.6. The maximum absolute atomic E-state index is 13.8. The molecule has 0 spiro atoms. The van der Waals surface area contributed by atoms with Gasteiger partial charge in [-0.2, -0.15) is 13.2 Å². The van der Waals surface area contributed by atoms with Crippen molar-refractivity contribution in [2.45, 2.75) is 6.18 Å². The predicted molar refractivity (Wildman–Crippen MR) is 136 cm³/mol. The number of carboxylic acid groups (broad SMARTS) is 1. The van der Waals surface area contributed by atoms with E-state index in [-0.39, 0.29) is 27.8 Å². The molecule has 188 valence electrons. The first kappa shape index (κ1) is 24.7. The minimum Gasteiger partial charge on any atom is -0.478 e. The lowest BCUT2D eigenvalue weighted by Crippen LogP contribution is -2.09. The zero-order chi connectivity index (χ0) is 26.9. The Morgan fingerprint density at radius 2 is 1.47 bits per heavy atom. The van der Waals surface area contributed by atoms with Crippen LogP contribution in [0.15, 0.2) is 103 Å². The van der Waals surface area contributed by atoms with Gasteiger partial charge < -0.3 is 9.84 Å². The van der Waals surface area contributed by atoms with Gasteiger partial charge in [0, 0.05) is 28.3 Å². The third-order valence-corrected chi connectivity index (χ3v) is 5.94. The Kier molecular flexibility index (Phi) is 6.38. The molecule has 0 atom stereocenters. The molecule has 0 saturated carbocycles. The van der Waals surface area contributed by atoms with Crippen molar-refractivity contribution in [2.24, 2.45) is 0 Å². The van der Waals surface area contributed by atoms with Gasteiger partial charge in [-0.15, -0.1) is 0 Å². The van der Waals surface area contributed by atoms with Crippen LogP contribution in [-0.2, 0) is 6.18 Å². The highest BCUT2D eigenvalue weighted by molar-refractivity contribution is 6.16. The van der Waals surface area contributed by atoms with Crippen molar-refractivity contribution in [2.75, 3.05) is 0 Å². The lowest BCUT2D eigenvalue weighted by molar-refractivity contribution is -0.136. The number of ether oxygens (including phenoxy) is 1. The molecule has 8 heteroatoms.